The van der Waals surface area contributed by atoms with Gasteiger partial charge in [-0.25, -0.2) is 4.98 Å². The van der Waals surface area contributed by atoms with Gasteiger partial charge in [0, 0.05) is 16.9 Å². The molecule has 2 aromatic rings. The number of hydrogen-bond donors (Lipinski definition) is 0. The van der Waals surface area contributed by atoms with E-state index in [1.54, 1.807) is 0 Å². The van der Waals surface area contributed by atoms with E-state index in [1.807, 2.05) is 11.3 Å². The maximum atomic E-state index is 4.83. The number of likely N-dealkylation sites (tertiary alicyclic amines) is 1. The predicted molar refractivity (Wildman–Crippen MR) is 88.5 cm³/mol. The molecule has 1 saturated heterocycles. The summed E-state index contributed by atoms with van der Waals surface area (Å²) < 4.78 is 2.47. The molecule has 2 aliphatic rings. The number of aromatic nitrogens is 1. The van der Waals surface area contributed by atoms with Crippen molar-refractivity contribution in [3.8, 4) is 0 Å². The summed E-state index contributed by atoms with van der Waals surface area (Å²) in [4.78, 5) is 7.48. The number of fused-ring (bicyclic) bond motifs is 1. The van der Waals surface area contributed by atoms with E-state index in [0.717, 1.165) is 21.8 Å². The van der Waals surface area contributed by atoms with Crippen LogP contribution in [0.15, 0.2) is 22.7 Å². The Balaban J connectivity index is 1.41. The molecular weight excluding hydrogens is 332 g/mol. The second-order valence-corrected chi connectivity index (χ2v) is 8.18. The van der Waals surface area contributed by atoms with Crippen molar-refractivity contribution in [2.24, 2.45) is 5.92 Å². The first-order valence-electron chi connectivity index (χ1n) is 7.56. The minimum absolute atomic E-state index is 0.721. The van der Waals surface area contributed by atoms with Crippen LogP contribution in [0.25, 0.3) is 10.2 Å². The predicted octanol–water partition coefficient (Wildman–Crippen LogP) is 4.65. The van der Waals surface area contributed by atoms with Crippen LogP contribution in [-0.4, -0.2) is 29.5 Å². The topological polar surface area (TPSA) is 16.1 Å². The third kappa shape index (κ3) is 2.53. The number of rotatable bonds is 3. The van der Waals surface area contributed by atoms with Gasteiger partial charge in [0.25, 0.3) is 0 Å². The zero-order valence-corrected chi connectivity index (χ0v) is 13.9. The Morgan fingerprint density at radius 2 is 2.05 bits per heavy atom. The van der Waals surface area contributed by atoms with Gasteiger partial charge in [0.15, 0.2) is 0 Å². The van der Waals surface area contributed by atoms with Crippen molar-refractivity contribution >= 4 is 37.5 Å². The molecular formula is C16H19BrN2S. The summed E-state index contributed by atoms with van der Waals surface area (Å²) in [6.45, 7) is 3.99. The molecule has 1 aliphatic heterocycles. The molecule has 1 saturated carbocycles. The van der Waals surface area contributed by atoms with Crippen molar-refractivity contribution in [2.75, 3.05) is 19.6 Å². The summed E-state index contributed by atoms with van der Waals surface area (Å²) in [5.41, 5.74) is 1.16. The summed E-state index contributed by atoms with van der Waals surface area (Å²) in [6, 6.07) is 6.40. The van der Waals surface area contributed by atoms with Gasteiger partial charge in [-0.15, -0.1) is 11.3 Å². The highest BCUT2D eigenvalue weighted by Gasteiger charge is 2.33. The first-order chi connectivity index (χ1) is 9.78. The summed E-state index contributed by atoms with van der Waals surface area (Å²) in [5.74, 6) is 1.63. The lowest BCUT2D eigenvalue weighted by Gasteiger charge is -2.36. The Morgan fingerprint density at radius 3 is 2.85 bits per heavy atom. The lowest BCUT2D eigenvalue weighted by molar-refractivity contribution is 0.180. The normalized spacial score (nSPS) is 27.1. The molecule has 0 amide bonds. The highest BCUT2D eigenvalue weighted by atomic mass is 79.9. The van der Waals surface area contributed by atoms with Crippen LogP contribution in [0.1, 0.15) is 36.6 Å². The lowest BCUT2D eigenvalue weighted by Crippen LogP contribution is -2.33. The van der Waals surface area contributed by atoms with Crippen LogP contribution in [0.5, 0.6) is 0 Å². The zero-order chi connectivity index (χ0) is 13.5. The van der Waals surface area contributed by atoms with E-state index in [2.05, 4.69) is 39.0 Å². The molecule has 2 nitrogen and oxygen atoms in total. The van der Waals surface area contributed by atoms with Gasteiger partial charge in [-0.3, -0.25) is 0 Å². The van der Waals surface area contributed by atoms with Gasteiger partial charge in [-0.1, -0.05) is 15.9 Å². The van der Waals surface area contributed by atoms with Crippen LogP contribution in [0.2, 0.25) is 0 Å². The fourth-order valence-corrected chi connectivity index (χ4v) is 5.15. The van der Waals surface area contributed by atoms with Crippen molar-refractivity contribution in [2.45, 2.75) is 31.6 Å². The average Bonchev–Trinajstić information content (AvgIpc) is 3.01. The molecule has 0 bridgehead atoms. The Morgan fingerprint density at radius 1 is 1.25 bits per heavy atom. The molecule has 1 aromatic carbocycles. The summed E-state index contributed by atoms with van der Waals surface area (Å²) >= 11 is 5.43. The highest BCUT2D eigenvalue weighted by Crippen LogP contribution is 2.44. The van der Waals surface area contributed by atoms with E-state index < -0.39 is 0 Å². The van der Waals surface area contributed by atoms with Gasteiger partial charge < -0.3 is 4.90 Å². The number of halogens is 1. The molecule has 1 aliphatic carbocycles. The first kappa shape index (κ1) is 13.2. The van der Waals surface area contributed by atoms with E-state index in [-0.39, 0.29) is 0 Å². The monoisotopic (exact) mass is 350 g/mol. The first-order valence-corrected chi connectivity index (χ1v) is 9.17. The van der Waals surface area contributed by atoms with Crippen LogP contribution in [0, 0.1) is 5.92 Å². The molecule has 4 heteroatoms. The molecule has 2 heterocycles. The van der Waals surface area contributed by atoms with Gasteiger partial charge in [-0.05, 0) is 62.9 Å². The molecule has 0 spiro atoms. The maximum Gasteiger partial charge on any atom is 0.0969 e. The third-order valence-electron chi connectivity index (χ3n) is 4.67. The van der Waals surface area contributed by atoms with Crippen LogP contribution >= 0.6 is 27.3 Å². The highest BCUT2D eigenvalue weighted by molar-refractivity contribution is 9.10. The van der Waals surface area contributed by atoms with E-state index >= 15 is 0 Å². The van der Waals surface area contributed by atoms with Crippen LogP contribution in [0.4, 0.5) is 0 Å². The standard InChI is InChI=1S/C16H19BrN2S/c17-13-3-4-14-15(9-13)20-16(18-14)12-7-11(8-12)10-19-5-1-2-6-19/h3-4,9,11-12H,1-2,5-8,10H2. The van der Waals surface area contributed by atoms with E-state index in [0.29, 0.717) is 0 Å². The van der Waals surface area contributed by atoms with Gasteiger partial charge in [0.05, 0.1) is 15.2 Å². The quantitative estimate of drug-likeness (QED) is 0.800. The van der Waals surface area contributed by atoms with E-state index in [4.69, 9.17) is 4.98 Å². The van der Waals surface area contributed by atoms with Crippen molar-refractivity contribution in [3.63, 3.8) is 0 Å². The second kappa shape index (κ2) is 5.39. The zero-order valence-electron chi connectivity index (χ0n) is 11.5. The van der Waals surface area contributed by atoms with E-state index in [1.165, 1.54) is 55.0 Å². The van der Waals surface area contributed by atoms with Crippen LogP contribution in [0.3, 0.4) is 0 Å². The molecule has 0 radical (unpaired) electrons. The number of nitrogens with zero attached hydrogens (tertiary/aromatic N) is 2. The Labute approximate surface area is 132 Å². The molecule has 20 heavy (non-hydrogen) atoms. The molecule has 2 fully saturated rings. The van der Waals surface area contributed by atoms with Crippen LogP contribution in [-0.2, 0) is 0 Å². The second-order valence-electron chi connectivity index (χ2n) is 6.21. The summed E-state index contributed by atoms with van der Waals surface area (Å²) in [6.07, 6.45) is 5.50. The molecule has 0 atom stereocenters. The Hall–Kier alpha value is -0.450. The van der Waals surface area contributed by atoms with Gasteiger partial charge in [-0.2, -0.15) is 0 Å². The molecule has 4 rings (SSSR count). The molecule has 0 N–H and O–H groups in total. The minimum atomic E-state index is 0.721. The van der Waals surface area contributed by atoms with Crippen molar-refractivity contribution < 1.29 is 0 Å². The Kier molecular flexibility index (Phi) is 3.57. The van der Waals surface area contributed by atoms with E-state index in [9.17, 15) is 0 Å². The molecule has 0 unspecified atom stereocenters. The fourth-order valence-electron chi connectivity index (χ4n) is 3.51. The number of hydrogen-bond acceptors (Lipinski definition) is 3. The van der Waals surface area contributed by atoms with Gasteiger partial charge >= 0.3 is 0 Å². The third-order valence-corrected chi connectivity index (χ3v) is 6.34. The average molecular weight is 351 g/mol. The van der Waals surface area contributed by atoms with Crippen LogP contribution < -0.4 is 0 Å². The fraction of sp³-hybridized carbons (Fsp3) is 0.562. The minimum Gasteiger partial charge on any atom is -0.303 e. The Bertz CT molecular complexity index is 612. The summed E-state index contributed by atoms with van der Waals surface area (Å²) in [5, 5.41) is 1.36. The van der Waals surface area contributed by atoms with Crippen molar-refractivity contribution in [3.05, 3.63) is 27.7 Å². The van der Waals surface area contributed by atoms with Crippen molar-refractivity contribution in [1.29, 1.82) is 0 Å². The van der Waals surface area contributed by atoms with Crippen molar-refractivity contribution in [1.82, 2.24) is 9.88 Å². The summed E-state index contributed by atoms with van der Waals surface area (Å²) in [7, 11) is 0. The number of thiazole rings is 1. The maximum absolute atomic E-state index is 4.83. The van der Waals surface area contributed by atoms with Gasteiger partial charge in [0.1, 0.15) is 0 Å². The smallest absolute Gasteiger partial charge is 0.0969 e. The largest absolute Gasteiger partial charge is 0.303 e. The lowest BCUT2D eigenvalue weighted by atomic mass is 9.75. The van der Waals surface area contributed by atoms with Gasteiger partial charge in [0.2, 0.25) is 0 Å². The SMILES string of the molecule is Brc1ccc2nc(C3CC(CN4CCCC4)C3)sc2c1. The number of benzene rings is 1. The molecule has 1 aromatic heterocycles. The molecule has 106 valence electrons.